The lowest BCUT2D eigenvalue weighted by Gasteiger charge is -2.29. The number of hydrogen-bond donors (Lipinski definition) is 2. The van der Waals surface area contributed by atoms with Gasteiger partial charge in [-0.1, -0.05) is 18.2 Å². The summed E-state index contributed by atoms with van der Waals surface area (Å²) >= 11 is 0. The summed E-state index contributed by atoms with van der Waals surface area (Å²) in [6.45, 7) is 5.51. The van der Waals surface area contributed by atoms with Crippen molar-refractivity contribution in [2.45, 2.75) is 39.3 Å². The first-order chi connectivity index (χ1) is 9.86. The fraction of sp³-hybridized carbons (Fsp3) is 0.467. The van der Waals surface area contributed by atoms with E-state index in [4.69, 9.17) is 5.11 Å². The Morgan fingerprint density at radius 3 is 2.48 bits per heavy atom. The Bertz CT molecular complexity index is 507. The molecule has 116 valence electrons. The lowest BCUT2D eigenvalue weighted by molar-refractivity contribution is -0.138. The van der Waals surface area contributed by atoms with Gasteiger partial charge in [-0.2, -0.15) is 0 Å². The van der Waals surface area contributed by atoms with Crippen LogP contribution < -0.4 is 5.32 Å². The number of aliphatic carboxylic acids is 1. The molecule has 2 N–H and O–H groups in total. The summed E-state index contributed by atoms with van der Waals surface area (Å²) in [7, 11) is 0. The van der Waals surface area contributed by atoms with Gasteiger partial charge in [-0.25, -0.2) is 9.18 Å². The molecule has 6 heteroatoms. The summed E-state index contributed by atoms with van der Waals surface area (Å²) in [4.78, 5) is 24.3. The zero-order valence-electron chi connectivity index (χ0n) is 12.5. The summed E-state index contributed by atoms with van der Waals surface area (Å²) in [5, 5.41) is 11.5. The van der Waals surface area contributed by atoms with E-state index in [-0.39, 0.29) is 12.2 Å². The molecular formula is C15H21FN2O3. The van der Waals surface area contributed by atoms with Gasteiger partial charge >= 0.3 is 12.0 Å². The van der Waals surface area contributed by atoms with Crippen LogP contribution in [-0.4, -0.2) is 34.6 Å². The van der Waals surface area contributed by atoms with E-state index >= 15 is 0 Å². The minimum absolute atomic E-state index is 0.130. The largest absolute Gasteiger partial charge is 0.481 e. The van der Waals surface area contributed by atoms with Gasteiger partial charge in [0.05, 0.1) is 12.5 Å². The number of carbonyl (C=O) groups is 2. The maximum Gasteiger partial charge on any atom is 0.318 e. The van der Waals surface area contributed by atoms with Gasteiger partial charge in [-0.05, 0) is 26.8 Å². The third-order valence-electron chi connectivity index (χ3n) is 3.32. The van der Waals surface area contributed by atoms with Crippen LogP contribution in [0.5, 0.6) is 0 Å². The summed E-state index contributed by atoms with van der Waals surface area (Å²) in [6.07, 6.45) is -0.130. The molecule has 2 atom stereocenters. The molecule has 0 bridgehead atoms. The van der Waals surface area contributed by atoms with Crippen molar-refractivity contribution in [2.75, 3.05) is 6.54 Å². The van der Waals surface area contributed by atoms with Crippen LogP contribution in [0, 0.1) is 5.82 Å². The molecule has 0 aliphatic heterocycles. The fourth-order valence-electron chi connectivity index (χ4n) is 2.19. The Hall–Kier alpha value is -2.11. The molecule has 0 aliphatic rings. The molecule has 0 radical (unpaired) electrons. The Morgan fingerprint density at radius 1 is 1.33 bits per heavy atom. The second kappa shape index (κ2) is 7.61. The highest BCUT2D eigenvalue weighted by Crippen LogP contribution is 2.17. The molecule has 2 unspecified atom stereocenters. The zero-order chi connectivity index (χ0) is 16.0. The van der Waals surface area contributed by atoms with E-state index in [0.29, 0.717) is 12.1 Å². The average Bonchev–Trinajstić information content (AvgIpc) is 2.38. The minimum atomic E-state index is -0.962. The number of benzene rings is 1. The predicted molar refractivity (Wildman–Crippen MR) is 77.4 cm³/mol. The Labute approximate surface area is 123 Å². The number of rotatable bonds is 6. The molecule has 5 nitrogen and oxygen atoms in total. The van der Waals surface area contributed by atoms with Crippen LogP contribution in [0.15, 0.2) is 24.3 Å². The summed E-state index contributed by atoms with van der Waals surface area (Å²) in [5.74, 6) is -1.34. The van der Waals surface area contributed by atoms with Crippen molar-refractivity contribution in [2.24, 2.45) is 0 Å². The van der Waals surface area contributed by atoms with E-state index in [9.17, 15) is 14.0 Å². The van der Waals surface area contributed by atoms with E-state index in [1.807, 2.05) is 0 Å². The third-order valence-corrected chi connectivity index (χ3v) is 3.32. The summed E-state index contributed by atoms with van der Waals surface area (Å²) in [5.41, 5.74) is 0.396. The number of nitrogens with one attached hydrogen (secondary N) is 1. The number of carboxylic acid groups (broad SMARTS) is 1. The Balaban J connectivity index is 2.74. The Kier molecular flexibility index (Phi) is 6.14. The monoisotopic (exact) mass is 296 g/mol. The molecule has 0 aliphatic carbocycles. The molecule has 0 saturated heterocycles. The zero-order valence-corrected chi connectivity index (χ0v) is 12.5. The van der Waals surface area contributed by atoms with E-state index < -0.39 is 24.1 Å². The van der Waals surface area contributed by atoms with E-state index in [2.05, 4.69) is 5.32 Å². The highest BCUT2D eigenvalue weighted by molar-refractivity contribution is 5.76. The number of amides is 2. The van der Waals surface area contributed by atoms with Crippen LogP contribution >= 0.6 is 0 Å². The first-order valence-electron chi connectivity index (χ1n) is 6.90. The van der Waals surface area contributed by atoms with Crippen molar-refractivity contribution < 1.29 is 19.1 Å². The van der Waals surface area contributed by atoms with E-state index in [1.54, 1.807) is 39.0 Å². The maximum atomic E-state index is 13.7. The number of carbonyl (C=O) groups excluding carboxylic acids is 1. The van der Waals surface area contributed by atoms with Crippen LogP contribution in [0.3, 0.4) is 0 Å². The standard InChI is InChI=1S/C15H21FN2O3/c1-4-18(10(2)9-14(19)20)15(21)17-11(3)12-7-5-6-8-13(12)16/h5-8,10-11H,4,9H2,1-3H3,(H,17,21)(H,19,20). The van der Waals surface area contributed by atoms with Crippen LogP contribution in [0.25, 0.3) is 0 Å². The lowest BCUT2D eigenvalue weighted by atomic mass is 10.1. The van der Waals surface area contributed by atoms with Crippen LogP contribution in [0.4, 0.5) is 9.18 Å². The Morgan fingerprint density at radius 2 is 1.95 bits per heavy atom. The van der Waals surface area contributed by atoms with Crippen molar-refractivity contribution in [3.05, 3.63) is 35.6 Å². The van der Waals surface area contributed by atoms with E-state index in [1.165, 1.54) is 11.0 Å². The maximum absolute atomic E-state index is 13.7. The first-order valence-corrected chi connectivity index (χ1v) is 6.90. The molecule has 0 heterocycles. The topological polar surface area (TPSA) is 69.6 Å². The molecule has 2 amide bonds. The quantitative estimate of drug-likeness (QED) is 0.848. The molecular weight excluding hydrogens is 275 g/mol. The molecule has 1 aromatic rings. The van der Waals surface area contributed by atoms with Crippen LogP contribution in [0.2, 0.25) is 0 Å². The number of nitrogens with zero attached hydrogens (tertiary/aromatic N) is 1. The van der Waals surface area contributed by atoms with Gasteiger partial charge in [-0.15, -0.1) is 0 Å². The SMILES string of the molecule is CCN(C(=O)NC(C)c1ccccc1F)C(C)CC(=O)O. The number of hydrogen-bond acceptors (Lipinski definition) is 2. The normalized spacial score (nSPS) is 13.3. The number of carboxylic acids is 1. The molecule has 1 aromatic carbocycles. The van der Waals surface area contributed by atoms with Crippen molar-refractivity contribution in [3.8, 4) is 0 Å². The second-order valence-corrected chi connectivity index (χ2v) is 4.93. The lowest BCUT2D eigenvalue weighted by Crippen LogP contribution is -2.46. The summed E-state index contributed by atoms with van der Waals surface area (Å²) in [6, 6.07) is 4.90. The molecule has 0 fully saturated rings. The van der Waals surface area contributed by atoms with Gasteiger partial charge < -0.3 is 15.3 Å². The van der Waals surface area contributed by atoms with Gasteiger partial charge in [0.15, 0.2) is 0 Å². The van der Waals surface area contributed by atoms with Gasteiger partial charge in [0.25, 0.3) is 0 Å². The molecule has 0 saturated carbocycles. The molecule has 0 spiro atoms. The first kappa shape index (κ1) is 16.9. The highest BCUT2D eigenvalue weighted by Gasteiger charge is 2.22. The van der Waals surface area contributed by atoms with Gasteiger partial charge in [0.2, 0.25) is 0 Å². The molecule has 1 rings (SSSR count). The van der Waals surface area contributed by atoms with Gasteiger partial charge in [-0.3, -0.25) is 4.79 Å². The van der Waals surface area contributed by atoms with Gasteiger partial charge in [0, 0.05) is 18.2 Å². The molecule has 21 heavy (non-hydrogen) atoms. The predicted octanol–water partition coefficient (Wildman–Crippen LogP) is 2.78. The van der Waals surface area contributed by atoms with Crippen molar-refractivity contribution >= 4 is 12.0 Å². The van der Waals surface area contributed by atoms with Gasteiger partial charge in [0.1, 0.15) is 5.82 Å². The van der Waals surface area contributed by atoms with E-state index in [0.717, 1.165) is 0 Å². The smallest absolute Gasteiger partial charge is 0.318 e. The number of urea groups is 1. The highest BCUT2D eigenvalue weighted by atomic mass is 19.1. The van der Waals surface area contributed by atoms with Crippen molar-refractivity contribution in [1.29, 1.82) is 0 Å². The second-order valence-electron chi connectivity index (χ2n) is 4.93. The minimum Gasteiger partial charge on any atom is -0.481 e. The molecule has 0 aromatic heterocycles. The summed E-state index contributed by atoms with van der Waals surface area (Å²) < 4.78 is 13.7. The van der Waals surface area contributed by atoms with Crippen molar-refractivity contribution in [3.63, 3.8) is 0 Å². The van der Waals surface area contributed by atoms with Crippen molar-refractivity contribution in [1.82, 2.24) is 10.2 Å². The van der Waals surface area contributed by atoms with Crippen LogP contribution in [0.1, 0.15) is 38.8 Å². The fourth-order valence-corrected chi connectivity index (χ4v) is 2.19. The number of halogens is 1. The van der Waals surface area contributed by atoms with Crippen LogP contribution in [-0.2, 0) is 4.79 Å². The average molecular weight is 296 g/mol. The third kappa shape index (κ3) is 4.73.